The summed E-state index contributed by atoms with van der Waals surface area (Å²) in [6.07, 6.45) is 1.05. The third-order valence-electron chi connectivity index (χ3n) is 4.37. The summed E-state index contributed by atoms with van der Waals surface area (Å²) in [5, 5.41) is 11.3. The molecule has 2 N–H and O–H groups in total. The number of likely N-dealkylation sites (N-methyl/N-ethyl adjacent to an activating group) is 1. The Morgan fingerprint density at radius 2 is 1.88 bits per heavy atom. The van der Waals surface area contributed by atoms with Crippen LogP contribution < -0.4 is 10.6 Å². The molecule has 0 aliphatic rings. The lowest BCUT2D eigenvalue weighted by Crippen LogP contribution is -2.40. The van der Waals surface area contributed by atoms with Crippen LogP contribution in [0.25, 0.3) is 0 Å². The first kappa shape index (κ1) is 22.4. The lowest BCUT2D eigenvalue weighted by Gasteiger charge is -2.18. The molecule has 8 nitrogen and oxygen atoms in total. The maximum Gasteiger partial charge on any atom is 0.191 e. The van der Waals surface area contributed by atoms with Crippen molar-refractivity contribution in [2.45, 2.75) is 33.4 Å². The number of guanidine groups is 1. The van der Waals surface area contributed by atoms with E-state index in [4.69, 9.17) is 9.47 Å². The summed E-state index contributed by atoms with van der Waals surface area (Å²) in [6, 6.07) is 0. The normalized spacial score (nSPS) is 12.0. The largest absolute Gasteiger partial charge is 0.385 e. The summed E-state index contributed by atoms with van der Waals surface area (Å²) in [4.78, 5) is 6.58. The summed E-state index contributed by atoms with van der Waals surface area (Å²) in [6.45, 7) is 9.90. The van der Waals surface area contributed by atoms with E-state index in [9.17, 15) is 0 Å². The fourth-order valence-corrected chi connectivity index (χ4v) is 2.73. The van der Waals surface area contributed by atoms with Crippen LogP contribution in [-0.4, -0.2) is 81.8 Å². The molecule has 0 aliphatic carbocycles. The van der Waals surface area contributed by atoms with Gasteiger partial charge in [-0.05, 0) is 27.3 Å². The van der Waals surface area contributed by atoms with Gasteiger partial charge in [0, 0.05) is 65.3 Å². The minimum Gasteiger partial charge on any atom is -0.385 e. The van der Waals surface area contributed by atoms with E-state index >= 15 is 0 Å². The number of ether oxygens (including phenoxy) is 2. The van der Waals surface area contributed by atoms with Crippen molar-refractivity contribution in [3.63, 3.8) is 0 Å². The number of nitrogens with one attached hydrogen (secondary N) is 2. The zero-order valence-electron chi connectivity index (χ0n) is 17.3. The van der Waals surface area contributed by atoms with Crippen LogP contribution >= 0.6 is 0 Å². The van der Waals surface area contributed by atoms with Gasteiger partial charge in [-0.25, -0.2) is 0 Å². The van der Waals surface area contributed by atoms with E-state index in [1.54, 1.807) is 21.3 Å². The maximum absolute atomic E-state index is 5.14. The lowest BCUT2D eigenvalue weighted by atomic mass is 10.2. The Morgan fingerprint density at radius 1 is 1.15 bits per heavy atom. The van der Waals surface area contributed by atoms with Crippen LogP contribution in [0.5, 0.6) is 0 Å². The number of methoxy groups -OCH3 is 2. The quantitative estimate of drug-likeness (QED) is 0.323. The number of hydrogen-bond donors (Lipinski definition) is 2. The molecule has 0 atom stereocenters. The van der Waals surface area contributed by atoms with E-state index in [0.29, 0.717) is 13.2 Å². The molecule has 1 heterocycles. The van der Waals surface area contributed by atoms with Gasteiger partial charge in [0.2, 0.25) is 0 Å². The molecule has 0 saturated carbocycles. The minimum absolute atomic E-state index is 0.663. The maximum atomic E-state index is 5.14. The number of rotatable bonds is 12. The fourth-order valence-electron chi connectivity index (χ4n) is 2.73. The third-order valence-corrected chi connectivity index (χ3v) is 4.37. The van der Waals surface area contributed by atoms with Gasteiger partial charge in [-0.3, -0.25) is 9.67 Å². The van der Waals surface area contributed by atoms with Crippen molar-refractivity contribution in [1.82, 2.24) is 25.3 Å². The highest BCUT2D eigenvalue weighted by Crippen LogP contribution is 2.12. The predicted octanol–water partition coefficient (Wildman–Crippen LogP) is 0.780. The van der Waals surface area contributed by atoms with E-state index in [1.807, 2.05) is 11.6 Å². The Kier molecular flexibility index (Phi) is 10.9. The van der Waals surface area contributed by atoms with Crippen molar-refractivity contribution in [2.75, 3.05) is 61.2 Å². The molecule has 0 radical (unpaired) electrons. The molecule has 1 aromatic rings. The van der Waals surface area contributed by atoms with Gasteiger partial charge in [-0.15, -0.1) is 0 Å². The molecule has 1 rings (SSSR count). The van der Waals surface area contributed by atoms with Crippen molar-refractivity contribution in [3.8, 4) is 0 Å². The molecule has 0 saturated heterocycles. The molecule has 8 heteroatoms. The first-order chi connectivity index (χ1) is 12.5. The second-order valence-electron chi connectivity index (χ2n) is 6.37. The van der Waals surface area contributed by atoms with Gasteiger partial charge in [0.25, 0.3) is 0 Å². The van der Waals surface area contributed by atoms with Crippen LogP contribution in [-0.2, 0) is 22.6 Å². The molecular formula is C18H36N6O2. The Morgan fingerprint density at radius 3 is 2.54 bits per heavy atom. The van der Waals surface area contributed by atoms with Crippen molar-refractivity contribution in [3.05, 3.63) is 17.0 Å². The van der Waals surface area contributed by atoms with Crippen LogP contribution in [0.4, 0.5) is 0 Å². The summed E-state index contributed by atoms with van der Waals surface area (Å²) in [5.41, 5.74) is 3.42. The van der Waals surface area contributed by atoms with Crippen LogP contribution in [0, 0.1) is 13.8 Å². The number of aryl methyl sites for hydroxylation is 1. The SMILES string of the molecule is CN=C(NCCN(C)CCCOC)NCc1c(C)nn(CCOC)c1C. The average Bonchev–Trinajstić information content (AvgIpc) is 2.90. The standard InChI is InChI=1S/C18H36N6O2/c1-15-17(16(2)24(22-15)11-13-26-6)14-21-18(19-3)20-8-10-23(4)9-7-12-25-5/h7-14H2,1-6H3,(H2,19,20,21). The van der Waals surface area contributed by atoms with Crippen LogP contribution in [0.3, 0.4) is 0 Å². The highest BCUT2D eigenvalue weighted by molar-refractivity contribution is 5.79. The van der Waals surface area contributed by atoms with Crippen LogP contribution in [0.15, 0.2) is 4.99 Å². The van der Waals surface area contributed by atoms with E-state index in [-0.39, 0.29) is 0 Å². The minimum atomic E-state index is 0.663. The van der Waals surface area contributed by atoms with Gasteiger partial charge in [-0.2, -0.15) is 5.10 Å². The van der Waals surface area contributed by atoms with E-state index < -0.39 is 0 Å². The monoisotopic (exact) mass is 368 g/mol. The first-order valence-corrected chi connectivity index (χ1v) is 9.17. The first-order valence-electron chi connectivity index (χ1n) is 9.17. The van der Waals surface area contributed by atoms with E-state index in [1.165, 1.54) is 11.3 Å². The van der Waals surface area contributed by atoms with E-state index in [2.05, 4.69) is 39.6 Å². The number of nitrogens with zero attached hydrogens (tertiary/aromatic N) is 4. The van der Waals surface area contributed by atoms with Crippen LogP contribution in [0.1, 0.15) is 23.4 Å². The van der Waals surface area contributed by atoms with Crippen molar-refractivity contribution in [2.24, 2.45) is 4.99 Å². The molecule has 0 bridgehead atoms. The number of hydrogen-bond acceptors (Lipinski definition) is 5. The number of aliphatic imine (C=N–C) groups is 1. The molecule has 0 fully saturated rings. The predicted molar refractivity (Wildman–Crippen MR) is 106 cm³/mol. The highest BCUT2D eigenvalue weighted by atomic mass is 16.5. The molecule has 1 aromatic heterocycles. The second-order valence-corrected chi connectivity index (χ2v) is 6.37. The Bertz CT molecular complexity index is 544. The smallest absolute Gasteiger partial charge is 0.191 e. The molecule has 0 unspecified atom stereocenters. The van der Waals surface area contributed by atoms with Gasteiger partial charge in [-0.1, -0.05) is 0 Å². The lowest BCUT2D eigenvalue weighted by molar-refractivity contribution is 0.180. The Balaban J connectivity index is 2.41. The highest BCUT2D eigenvalue weighted by Gasteiger charge is 2.11. The van der Waals surface area contributed by atoms with Crippen molar-refractivity contribution >= 4 is 5.96 Å². The molecule has 0 aliphatic heterocycles. The van der Waals surface area contributed by atoms with E-state index in [0.717, 1.165) is 50.9 Å². The summed E-state index contributed by atoms with van der Waals surface area (Å²) in [7, 11) is 7.36. The van der Waals surface area contributed by atoms with Gasteiger partial charge in [0.1, 0.15) is 0 Å². The Hall–Kier alpha value is -1.64. The number of aromatic nitrogens is 2. The molecule has 26 heavy (non-hydrogen) atoms. The van der Waals surface area contributed by atoms with Crippen molar-refractivity contribution in [1.29, 1.82) is 0 Å². The molecular weight excluding hydrogens is 332 g/mol. The van der Waals surface area contributed by atoms with Crippen molar-refractivity contribution < 1.29 is 9.47 Å². The average molecular weight is 369 g/mol. The van der Waals surface area contributed by atoms with Gasteiger partial charge in [0.05, 0.1) is 18.8 Å². The third kappa shape index (κ3) is 7.72. The molecule has 0 aromatic carbocycles. The summed E-state index contributed by atoms with van der Waals surface area (Å²) >= 11 is 0. The molecule has 150 valence electrons. The van der Waals surface area contributed by atoms with Gasteiger partial charge in [0.15, 0.2) is 5.96 Å². The van der Waals surface area contributed by atoms with Gasteiger partial charge >= 0.3 is 0 Å². The van der Waals surface area contributed by atoms with Crippen LogP contribution in [0.2, 0.25) is 0 Å². The summed E-state index contributed by atoms with van der Waals surface area (Å²) < 4.78 is 12.2. The molecule has 0 amide bonds. The zero-order chi connectivity index (χ0) is 19.4. The Labute approximate surface area is 157 Å². The zero-order valence-corrected chi connectivity index (χ0v) is 17.3. The second kappa shape index (κ2) is 12.7. The summed E-state index contributed by atoms with van der Waals surface area (Å²) in [5.74, 6) is 0.804. The topological polar surface area (TPSA) is 75.9 Å². The van der Waals surface area contributed by atoms with Gasteiger partial charge < -0.3 is 25.0 Å². The molecule has 0 spiro atoms. The fraction of sp³-hybridized carbons (Fsp3) is 0.778.